The zero-order chi connectivity index (χ0) is 7.15. The Bertz CT molecular complexity index is 72.6. The first-order chi connectivity index (χ1) is 3.46. The maximum Gasteiger partial charge on any atom is 2.00 e. The maximum absolute atomic E-state index is 8.89. The van der Waals surface area contributed by atoms with Crippen LogP contribution < -0.4 is 10.2 Å². The standard InChI is InChI=1S/2C2H4O2.2H2O.Zr/c2*1-2(3)4;;;/h2*1H3,(H,3,4);2*1H2;/q;;;;+2/p-2. The Kier molecular flexibility index (Phi) is 63.5. The minimum atomic E-state index is -1.08. The van der Waals surface area contributed by atoms with Crippen molar-refractivity contribution in [1.29, 1.82) is 0 Å². The Morgan fingerprint density at radius 2 is 0.909 bits per heavy atom. The first-order valence-corrected chi connectivity index (χ1v) is 1.82. The minimum absolute atomic E-state index is 0. The normalized spacial score (nSPS) is 4.55. The first-order valence-electron chi connectivity index (χ1n) is 1.82. The van der Waals surface area contributed by atoms with Crippen LogP contribution in [0.4, 0.5) is 0 Å². The van der Waals surface area contributed by atoms with E-state index in [1.165, 1.54) is 0 Å². The van der Waals surface area contributed by atoms with Crippen molar-refractivity contribution in [3.63, 3.8) is 0 Å². The monoisotopic (exact) mass is 244 g/mol. The Morgan fingerprint density at radius 1 is 0.909 bits per heavy atom. The largest absolute Gasteiger partial charge is 2.00 e. The van der Waals surface area contributed by atoms with E-state index in [0.717, 1.165) is 13.8 Å². The molecule has 66 valence electrons. The number of carbonyl (C=O) groups excluding carboxylic acids is 2. The van der Waals surface area contributed by atoms with Gasteiger partial charge in [-0.15, -0.1) is 0 Å². The van der Waals surface area contributed by atoms with Crippen molar-refractivity contribution in [2.75, 3.05) is 0 Å². The van der Waals surface area contributed by atoms with E-state index >= 15 is 0 Å². The summed E-state index contributed by atoms with van der Waals surface area (Å²) in [6.07, 6.45) is 0. The second-order valence-corrected chi connectivity index (χ2v) is 0.983. The second-order valence-electron chi connectivity index (χ2n) is 0.983. The molecule has 0 aliphatic carbocycles. The fourth-order valence-electron chi connectivity index (χ4n) is 0. The zero-order valence-corrected chi connectivity index (χ0v) is 8.59. The molecule has 0 aliphatic rings. The average molecular weight is 245 g/mol. The molecule has 0 aromatic rings. The van der Waals surface area contributed by atoms with Gasteiger partial charge in [0.05, 0.1) is 0 Å². The van der Waals surface area contributed by atoms with Crippen LogP contribution in [0.5, 0.6) is 0 Å². The molecule has 0 aliphatic heterocycles. The summed E-state index contributed by atoms with van der Waals surface area (Å²) >= 11 is 0. The molecule has 11 heavy (non-hydrogen) atoms. The molecule has 7 heteroatoms. The van der Waals surface area contributed by atoms with Crippen LogP contribution in [0.1, 0.15) is 13.8 Å². The SMILES string of the molecule is CC(=O)[O-].CC(=O)[O-].O.O.[Zr+2]. The van der Waals surface area contributed by atoms with Crippen molar-refractivity contribution in [3.05, 3.63) is 0 Å². The summed E-state index contributed by atoms with van der Waals surface area (Å²) in [4.78, 5) is 17.8. The smallest absolute Gasteiger partial charge is 0.550 e. The van der Waals surface area contributed by atoms with E-state index in [0.29, 0.717) is 0 Å². The van der Waals surface area contributed by atoms with Crippen molar-refractivity contribution in [1.82, 2.24) is 0 Å². The molecule has 0 aromatic carbocycles. The molecule has 0 bridgehead atoms. The predicted molar refractivity (Wildman–Crippen MR) is 28.6 cm³/mol. The Hall–Kier alpha value is -0.257. The second kappa shape index (κ2) is 22.6. The first kappa shape index (κ1) is 30.9. The summed E-state index contributed by atoms with van der Waals surface area (Å²) in [5.41, 5.74) is 0. The van der Waals surface area contributed by atoms with Crippen LogP contribution in [-0.2, 0) is 35.8 Å². The van der Waals surface area contributed by atoms with E-state index in [2.05, 4.69) is 0 Å². The van der Waals surface area contributed by atoms with Crippen LogP contribution >= 0.6 is 0 Å². The van der Waals surface area contributed by atoms with Crippen LogP contribution in [0.2, 0.25) is 0 Å². The third-order valence-electron chi connectivity index (χ3n) is 0. The maximum atomic E-state index is 8.89. The molecule has 0 saturated heterocycles. The van der Waals surface area contributed by atoms with Gasteiger partial charge in [0.25, 0.3) is 0 Å². The van der Waals surface area contributed by atoms with E-state index in [1.807, 2.05) is 0 Å². The summed E-state index contributed by atoms with van der Waals surface area (Å²) in [5, 5.41) is 17.8. The summed E-state index contributed by atoms with van der Waals surface area (Å²) in [6.45, 7) is 1.94. The summed E-state index contributed by atoms with van der Waals surface area (Å²) in [5.74, 6) is -2.17. The van der Waals surface area contributed by atoms with Gasteiger partial charge in [0.15, 0.2) is 0 Å². The van der Waals surface area contributed by atoms with Gasteiger partial charge in [0.1, 0.15) is 0 Å². The fraction of sp³-hybridized carbons (Fsp3) is 0.500. The molecule has 0 spiro atoms. The molecule has 4 N–H and O–H groups in total. The van der Waals surface area contributed by atoms with E-state index in [9.17, 15) is 0 Å². The van der Waals surface area contributed by atoms with Crippen LogP contribution in [0, 0.1) is 0 Å². The number of carbonyl (C=O) groups is 2. The third-order valence-corrected chi connectivity index (χ3v) is 0. The van der Waals surface area contributed by atoms with Crippen LogP contribution in [0.15, 0.2) is 0 Å². The van der Waals surface area contributed by atoms with Gasteiger partial charge in [0.2, 0.25) is 0 Å². The van der Waals surface area contributed by atoms with Gasteiger partial charge in [-0.3, -0.25) is 0 Å². The summed E-state index contributed by atoms with van der Waals surface area (Å²) < 4.78 is 0. The molecule has 0 amide bonds. The topological polar surface area (TPSA) is 143 Å². The molecule has 0 aromatic heterocycles. The van der Waals surface area contributed by atoms with E-state index in [1.54, 1.807) is 0 Å². The van der Waals surface area contributed by atoms with Gasteiger partial charge in [-0.25, -0.2) is 0 Å². The Balaban J connectivity index is -0.0000000171. The van der Waals surface area contributed by atoms with Gasteiger partial charge in [-0.2, -0.15) is 0 Å². The number of carboxylic acid groups (broad SMARTS) is 2. The number of carboxylic acids is 2. The Morgan fingerprint density at radius 3 is 0.909 bits per heavy atom. The van der Waals surface area contributed by atoms with Crippen molar-refractivity contribution in [2.45, 2.75) is 13.8 Å². The summed E-state index contributed by atoms with van der Waals surface area (Å²) in [6, 6.07) is 0. The summed E-state index contributed by atoms with van der Waals surface area (Å²) in [7, 11) is 0. The fourth-order valence-corrected chi connectivity index (χ4v) is 0. The van der Waals surface area contributed by atoms with Gasteiger partial charge < -0.3 is 30.8 Å². The average Bonchev–Trinajstić information content (AvgIpc) is 1.25. The molecule has 6 nitrogen and oxygen atoms in total. The molecule has 0 atom stereocenters. The number of hydrogen-bond acceptors (Lipinski definition) is 4. The third kappa shape index (κ3) is 8850. The van der Waals surface area contributed by atoms with E-state index in [4.69, 9.17) is 19.8 Å². The van der Waals surface area contributed by atoms with E-state index < -0.39 is 11.9 Å². The molecule has 0 saturated carbocycles. The van der Waals surface area contributed by atoms with Crippen molar-refractivity contribution in [2.24, 2.45) is 0 Å². The molecule has 0 radical (unpaired) electrons. The molecule has 0 rings (SSSR count). The van der Waals surface area contributed by atoms with Crippen LogP contribution in [0.3, 0.4) is 0 Å². The van der Waals surface area contributed by atoms with Crippen molar-refractivity contribution in [3.8, 4) is 0 Å². The molecular formula is C4H10O6Zr. The number of rotatable bonds is 0. The van der Waals surface area contributed by atoms with Crippen LogP contribution in [-0.4, -0.2) is 22.9 Å². The van der Waals surface area contributed by atoms with Gasteiger partial charge >= 0.3 is 26.2 Å². The minimum Gasteiger partial charge on any atom is -0.550 e. The molecule has 0 heterocycles. The quantitative estimate of drug-likeness (QED) is 0.426. The Labute approximate surface area is 83.0 Å². The zero-order valence-electron chi connectivity index (χ0n) is 6.13. The van der Waals surface area contributed by atoms with Gasteiger partial charge in [-0.1, -0.05) is 0 Å². The van der Waals surface area contributed by atoms with Crippen molar-refractivity contribution < 1.29 is 57.0 Å². The molecular weight excluding hydrogens is 235 g/mol. The van der Waals surface area contributed by atoms with Crippen LogP contribution in [0.25, 0.3) is 0 Å². The number of aliphatic carboxylic acids is 2. The van der Waals surface area contributed by atoms with Crippen molar-refractivity contribution >= 4 is 11.9 Å². The predicted octanol–water partition coefficient (Wildman–Crippen LogP) is -4.14. The molecule has 0 fully saturated rings. The van der Waals surface area contributed by atoms with E-state index in [-0.39, 0.29) is 37.2 Å². The number of hydrogen-bond donors (Lipinski definition) is 0. The van der Waals surface area contributed by atoms with Gasteiger partial charge in [0, 0.05) is 11.9 Å². The van der Waals surface area contributed by atoms with Gasteiger partial charge in [-0.05, 0) is 13.8 Å². The molecule has 0 unspecified atom stereocenters.